The molecule has 0 aromatic carbocycles. The molecule has 1 heterocycles. The second-order valence-corrected chi connectivity index (χ2v) is 4.61. The zero-order chi connectivity index (χ0) is 12.7. The Morgan fingerprint density at radius 1 is 1.41 bits per heavy atom. The molecule has 2 atom stereocenters. The zero-order valence-corrected chi connectivity index (χ0v) is 11.4. The fourth-order valence-corrected chi connectivity index (χ4v) is 1.81. The number of hydrogen-bond donors (Lipinski definition) is 1. The van der Waals surface area contributed by atoms with Gasteiger partial charge in [-0.2, -0.15) is 0 Å². The highest BCUT2D eigenvalue weighted by Gasteiger charge is 2.11. The molecule has 3 nitrogen and oxygen atoms in total. The van der Waals surface area contributed by atoms with E-state index in [1.54, 1.807) is 6.20 Å². The molecule has 3 heteroatoms. The van der Waals surface area contributed by atoms with Crippen molar-refractivity contribution in [1.82, 2.24) is 10.3 Å². The van der Waals surface area contributed by atoms with Gasteiger partial charge in [-0.05, 0) is 32.4 Å². The fraction of sp³-hybridized carbons (Fsp3) is 0.643. The van der Waals surface area contributed by atoms with E-state index in [-0.39, 0.29) is 6.04 Å². The third kappa shape index (κ3) is 4.35. The van der Waals surface area contributed by atoms with Crippen LogP contribution in [0.1, 0.15) is 45.2 Å². The lowest BCUT2D eigenvalue weighted by atomic mass is 10.1. The monoisotopic (exact) mass is 236 g/mol. The summed E-state index contributed by atoms with van der Waals surface area (Å²) in [7, 11) is 1.95. The Balaban J connectivity index is 2.63. The number of nitrogens with one attached hydrogen (secondary N) is 1. The molecule has 0 radical (unpaired) electrons. The summed E-state index contributed by atoms with van der Waals surface area (Å²) in [6.45, 7) is 7.27. The molecule has 0 aliphatic heterocycles. The van der Waals surface area contributed by atoms with E-state index < -0.39 is 0 Å². The van der Waals surface area contributed by atoms with Gasteiger partial charge in [0.25, 0.3) is 0 Å². The molecule has 1 aromatic rings. The maximum Gasteiger partial charge on any atom is 0.218 e. The molecule has 1 rings (SSSR count). The third-order valence-electron chi connectivity index (χ3n) is 2.99. The van der Waals surface area contributed by atoms with Crippen molar-refractivity contribution in [3.05, 3.63) is 23.9 Å². The minimum atomic E-state index is 0.264. The lowest BCUT2D eigenvalue weighted by Gasteiger charge is -2.17. The lowest BCUT2D eigenvalue weighted by Crippen LogP contribution is -2.16. The van der Waals surface area contributed by atoms with Crippen LogP contribution in [0, 0.1) is 5.92 Å². The highest BCUT2D eigenvalue weighted by Crippen LogP contribution is 2.22. The van der Waals surface area contributed by atoms with Gasteiger partial charge in [-0.25, -0.2) is 4.98 Å². The van der Waals surface area contributed by atoms with E-state index in [1.165, 1.54) is 12.8 Å². The van der Waals surface area contributed by atoms with Crippen molar-refractivity contribution in [2.75, 3.05) is 13.7 Å². The maximum atomic E-state index is 5.82. The first-order valence-electron chi connectivity index (χ1n) is 6.44. The van der Waals surface area contributed by atoms with Crippen LogP contribution in [0.2, 0.25) is 0 Å². The van der Waals surface area contributed by atoms with E-state index >= 15 is 0 Å². The van der Waals surface area contributed by atoms with Crippen LogP contribution in [-0.4, -0.2) is 18.6 Å². The molecule has 0 saturated carbocycles. The molecular formula is C14H24N2O. The van der Waals surface area contributed by atoms with Crippen molar-refractivity contribution >= 4 is 0 Å². The SMILES string of the molecule is CCCC(C)COc1ncccc1C(C)NC. The van der Waals surface area contributed by atoms with Gasteiger partial charge in [0.1, 0.15) is 0 Å². The topological polar surface area (TPSA) is 34.1 Å². The predicted octanol–water partition coefficient (Wildman–Crippen LogP) is 3.18. The summed E-state index contributed by atoms with van der Waals surface area (Å²) in [6, 6.07) is 4.28. The number of ether oxygens (including phenoxy) is 1. The Morgan fingerprint density at radius 2 is 2.18 bits per heavy atom. The number of pyridine rings is 1. The maximum absolute atomic E-state index is 5.82. The molecule has 0 aliphatic rings. The second-order valence-electron chi connectivity index (χ2n) is 4.61. The molecule has 0 spiro atoms. The Morgan fingerprint density at radius 3 is 2.82 bits per heavy atom. The minimum Gasteiger partial charge on any atom is -0.477 e. The Hall–Kier alpha value is -1.09. The second kappa shape index (κ2) is 7.28. The highest BCUT2D eigenvalue weighted by atomic mass is 16.5. The normalized spacial score (nSPS) is 14.4. The smallest absolute Gasteiger partial charge is 0.218 e. The van der Waals surface area contributed by atoms with Crippen molar-refractivity contribution < 1.29 is 4.74 Å². The standard InChI is InChI=1S/C14H24N2O/c1-5-7-11(2)10-17-14-13(12(3)15-4)8-6-9-16-14/h6,8-9,11-12,15H,5,7,10H2,1-4H3. The van der Waals surface area contributed by atoms with Crippen molar-refractivity contribution in [3.8, 4) is 5.88 Å². The van der Waals surface area contributed by atoms with Crippen LogP contribution in [0.4, 0.5) is 0 Å². The zero-order valence-electron chi connectivity index (χ0n) is 11.4. The van der Waals surface area contributed by atoms with Crippen LogP contribution in [0.25, 0.3) is 0 Å². The van der Waals surface area contributed by atoms with E-state index in [4.69, 9.17) is 4.74 Å². The Labute approximate surface area is 105 Å². The molecule has 0 aliphatic carbocycles. The van der Waals surface area contributed by atoms with Crippen molar-refractivity contribution in [2.45, 2.75) is 39.7 Å². The molecule has 0 fully saturated rings. The fourth-order valence-electron chi connectivity index (χ4n) is 1.81. The van der Waals surface area contributed by atoms with Crippen molar-refractivity contribution in [2.24, 2.45) is 5.92 Å². The van der Waals surface area contributed by atoms with Gasteiger partial charge in [0.15, 0.2) is 0 Å². The lowest BCUT2D eigenvalue weighted by molar-refractivity contribution is 0.239. The van der Waals surface area contributed by atoms with Crippen LogP contribution in [0.3, 0.4) is 0 Å². The number of hydrogen-bond acceptors (Lipinski definition) is 3. The summed E-state index contributed by atoms with van der Waals surface area (Å²) in [6.07, 6.45) is 4.18. The van der Waals surface area contributed by atoms with Crippen LogP contribution >= 0.6 is 0 Å². The molecule has 1 N–H and O–H groups in total. The molecular weight excluding hydrogens is 212 g/mol. The van der Waals surface area contributed by atoms with Gasteiger partial charge in [0.2, 0.25) is 5.88 Å². The first-order valence-corrected chi connectivity index (χ1v) is 6.44. The van der Waals surface area contributed by atoms with Crippen LogP contribution in [-0.2, 0) is 0 Å². The molecule has 1 aromatic heterocycles. The predicted molar refractivity (Wildman–Crippen MR) is 71.3 cm³/mol. The average molecular weight is 236 g/mol. The Bertz CT molecular complexity index is 328. The first-order chi connectivity index (χ1) is 8.19. The summed E-state index contributed by atoms with van der Waals surface area (Å²) in [5.41, 5.74) is 1.12. The van der Waals surface area contributed by atoms with Gasteiger partial charge in [-0.15, -0.1) is 0 Å². The van der Waals surface area contributed by atoms with E-state index in [1.807, 2.05) is 13.1 Å². The molecule has 0 amide bonds. The molecule has 17 heavy (non-hydrogen) atoms. The van der Waals surface area contributed by atoms with Gasteiger partial charge in [0.05, 0.1) is 6.61 Å². The first kappa shape index (κ1) is 14.0. The summed E-state index contributed by atoms with van der Waals surface area (Å²) in [5.74, 6) is 1.34. The number of nitrogens with zero attached hydrogens (tertiary/aromatic N) is 1. The summed E-state index contributed by atoms with van der Waals surface area (Å²) < 4.78 is 5.82. The van der Waals surface area contributed by atoms with Crippen LogP contribution in [0.15, 0.2) is 18.3 Å². The third-order valence-corrected chi connectivity index (χ3v) is 2.99. The number of rotatable bonds is 7. The molecule has 2 unspecified atom stereocenters. The van der Waals surface area contributed by atoms with Crippen LogP contribution < -0.4 is 10.1 Å². The average Bonchev–Trinajstić information content (AvgIpc) is 2.36. The van der Waals surface area contributed by atoms with Gasteiger partial charge in [-0.3, -0.25) is 0 Å². The van der Waals surface area contributed by atoms with E-state index in [0.29, 0.717) is 5.92 Å². The van der Waals surface area contributed by atoms with Crippen molar-refractivity contribution in [1.29, 1.82) is 0 Å². The highest BCUT2D eigenvalue weighted by molar-refractivity contribution is 5.28. The molecule has 0 saturated heterocycles. The molecule has 0 bridgehead atoms. The van der Waals surface area contributed by atoms with E-state index in [9.17, 15) is 0 Å². The van der Waals surface area contributed by atoms with E-state index in [0.717, 1.165) is 18.1 Å². The van der Waals surface area contributed by atoms with Gasteiger partial charge >= 0.3 is 0 Å². The quantitative estimate of drug-likeness (QED) is 0.789. The minimum absolute atomic E-state index is 0.264. The van der Waals surface area contributed by atoms with E-state index in [2.05, 4.69) is 37.1 Å². The summed E-state index contributed by atoms with van der Waals surface area (Å²) in [5, 5.41) is 3.21. The molecule has 96 valence electrons. The van der Waals surface area contributed by atoms with Crippen molar-refractivity contribution in [3.63, 3.8) is 0 Å². The van der Waals surface area contributed by atoms with Crippen LogP contribution in [0.5, 0.6) is 5.88 Å². The van der Waals surface area contributed by atoms with Gasteiger partial charge < -0.3 is 10.1 Å². The van der Waals surface area contributed by atoms with Gasteiger partial charge in [-0.1, -0.05) is 26.3 Å². The largest absolute Gasteiger partial charge is 0.477 e. The Kier molecular flexibility index (Phi) is 5.98. The summed E-state index contributed by atoms with van der Waals surface area (Å²) >= 11 is 0. The van der Waals surface area contributed by atoms with Gasteiger partial charge in [0, 0.05) is 17.8 Å². The summed E-state index contributed by atoms with van der Waals surface area (Å²) in [4.78, 5) is 4.32. The number of aromatic nitrogens is 1.